The molecular weight excluding hydrogens is 312 g/mol. The molecule has 1 fully saturated rings. The predicted molar refractivity (Wildman–Crippen MR) is 88.7 cm³/mol. The zero-order valence-corrected chi connectivity index (χ0v) is 13.6. The van der Waals surface area contributed by atoms with Crippen molar-refractivity contribution < 1.29 is 19.1 Å². The summed E-state index contributed by atoms with van der Waals surface area (Å²) in [6.45, 7) is 3.25. The standard InChI is InChI=1S/C16H22N4O4/c1-2-24-16(23)20-9-7-13(8-10-20)18-14(21)11-3-5-12(6-4-11)19-15(17)22/h3-6,13H,2,7-10H2,1H3,(H,18,21)(H3,17,19,22). The van der Waals surface area contributed by atoms with E-state index < -0.39 is 6.03 Å². The maximum atomic E-state index is 12.2. The van der Waals surface area contributed by atoms with Gasteiger partial charge < -0.3 is 26.0 Å². The Morgan fingerprint density at radius 2 is 1.83 bits per heavy atom. The SMILES string of the molecule is CCOC(=O)N1CCC(NC(=O)c2ccc(NC(N)=O)cc2)CC1. The number of carbonyl (C=O) groups excluding carboxylic acids is 3. The second kappa shape index (κ2) is 8.19. The molecule has 0 bridgehead atoms. The zero-order valence-electron chi connectivity index (χ0n) is 13.6. The van der Waals surface area contributed by atoms with Crippen LogP contribution in [0, 0.1) is 0 Å². The van der Waals surface area contributed by atoms with Crippen molar-refractivity contribution in [1.82, 2.24) is 10.2 Å². The number of likely N-dealkylation sites (tertiary alicyclic amines) is 1. The lowest BCUT2D eigenvalue weighted by atomic mass is 10.0. The maximum absolute atomic E-state index is 12.2. The first kappa shape index (κ1) is 17.6. The van der Waals surface area contributed by atoms with E-state index in [-0.39, 0.29) is 18.0 Å². The number of rotatable bonds is 4. The van der Waals surface area contributed by atoms with Crippen molar-refractivity contribution >= 4 is 23.7 Å². The van der Waals surface area contributed by atoms with E-state index in [0.29, 0.717) is 43.8 Å². The number of hydrogen-bond donors (Lipinski definition) is 3. The molecule has 0 spiro atoms. The first-order valence-corrected chi connectivity index (χ1v) is 7.88. The number of amides is 4. The summed E-state index contributed by atoms with van der Waals surface area (Å²) in [6.07, 6.45) is 1.07. The minimum atomic E-state index is -0.652. The van der Waals surface area contributed by atoms with Gasteiger partial charge in [0, 0.05) is 30.4 Å². The van der Waals surface area contributed by atoms with Crippen LogP contribution in [0.5, 0.6) is 0 Å². The molecule has 130 valence electrons. The number of ether oxygens (including phenoxy) is 1. The molecule has 1 aromatic carbocycles. The molecule has 0 aliphatic carbocycles. The molecular formula is C16H22N4O4. The van der Waals surface area contributed by atoms with Crippen LogP contribution in [-0.4, -0.2) is 48.7 Å². The Balaban J connectivity index is 1.83. The van der Waals surface area contributed by atoms with Crippen LogP contribution in [0.15, 0.2) is 24.3 Å². The van der Waals surface area contributed by atoms with E-state index in [1.807, 2.05) is 0 Å². The van der Waals surface area contributed by atoms with Crippen LogP contribution in [-0.2, 0) is 4.74 Å². The van der Waals surface area contributed by atoms with Crippen LogP contribution in [0.2, 0.25) is 0 Å². The summed E-state index contributed by atoms with van der Waals surface area (Å²) < 4.78 is 4.97. The molecule has 4 amide bonds. The van der Waals surface area contributed by atoms with E-state index in [0.717, 1.165) is 0 Å². The van der Waals surface area contributed by atoms with Gasteiger partial charge in [-0.3, -0.25) is 4.79 Å². The van der Waals surface area contributed by atoms with E-state index in [2.05, 4.69) is 10.6 Å². The molecule has 1 aromatic rings. The van der Waals surface area contributed by atoms with E-state index in [9.17, 15) is 14.4 Å². The van der Waals surface area contributed by atoms with Gasteiger partial charge >= 0.3 is 12.1 Å². The molecule has 0 atom stereocenters. The summed E-state index contributed by atoms with van der Waals surface area (Å²) in [7, 11) is 0. The summed E-state index contributed by atoms with van der Waals surface area (Å²) in [5.41, 5.74) is 6.06. The molecule has 8 heteroatoms. The molecule has 0 unspecified atom stereocenters. The van der Waals surface area contributed by atoms with Crippen molar-refractivity contribution in [2.45, 2.75) is 25.8 Å². The molecule has 1 aliphatic heterocycles. The van der Waals surface area contributed by atoms with E-state index in [4.69, 9.17) is 10.5 Å². The summed E-state index contributed by atoms with van der Waals surface area (Å²) in [5.74, 6) is -0.185. The van der Waals surface area contributed by atoms with Gasteiger partial charge in [0.25, 0.3) is 5.91 Å². The summed E-state index contributed by atoms with van der Waals surface area (Å²) in [5, 5.41) is 5.39. The lowest BCUT2D eigenvalue weighted by Gasteiger charge is -2.31. The van der Waals surface area contributed by atoms with Gasteiger partial charge in [-0.1, -0.05) is 0 Å². The molecule has 0 radical (unpaired) electrons. The lowest BCUT2D eigenvalue weighted by Crippen LogP contribution is -2.46. The number of nitrogens with two attached hydrogens (primary N) is 1. The molecule has 4 N–H and O–H groups in total. The third-order valence-corrected chi connectivity index (χ3v) is 3.77. The van der Waals surface area contributed by atoms with Crippen molar-refractivity contribution in [3.05, 3.63) is 29.8 Å². The molecule has 1 heterocycles. The first-order valence-electron chi connectivity index (χ1n) is 7.88. The van der Waals surface area contributed by atoms with E-state index in [1.54, 1.807) is 36.1 Å². The number of hydrogen-bond acceptors (Lipinski definition) is 4. The monoisotopic (exact) mass is 334 g/mol. The molecule has 0 saturated carbocycles. The highest BCUT2D eigenvalue weighted by Gasteiger charge is 2.24. The largest absolute Gasteiger partial charge is 0.450 e. The Morgan fingerprint density at radius 1 is 1.21 bits per heavy atom. The molecule has 24 heavy (non-hydrogen) atoms. The molecule has 1 aliphatic rings. The van der Waals surface area contributed by atoms with Gasteiger partial charge in [0.15, 0.2) is 0 Å². The first-order chi connectivity index (χ1) is 11.5. The fourth-order valence-electron chi connectivity index (χ4n) is 2.54. The molecule has 8 nitrogen and oxygen atoms in total. The molecule has 2 rings (SSSR count). The number of benzene rings is 1. The fourth-order valence-corrected chi connectivity index (χ4v) is 2.54. The normalized spacial score (nSPS) is 14.8. The summed E-state index contributed by atoms with van der Waals surface area (Å²) in [4.78, 5) is 36.3. The summed E-state index contributed by atoms with van der Waals surface area (Å²) >= 11 is 0. The number of nitrogens with zero attached hydrogens (tertiary/aromatic N) is 1. The zero-order chi connectivity index (χ0) is 17.5. The average Bonchev–Trinajstić information content (AvgIpc) is 2.56. The number of carbonyl (C=O) groups is 3. The van der Waals surface area contributed by atoms with Gasteiger partial charge in [-0.15, -0.1) is 0 Å². The third kappa shape index (κ3) is 4.87. The average molecular weight is 334 g/mol. The highest BCUT2D eigenvalue weighted by Crippen LogP contribution is 2.14. The van der Waals surface area contributed by atoms with Crippen molar-refractivity contribution in [1.29, 1.82) is 0 Å². The van der Waals surface area contributed by atoms with Crippen molar-refractivity contribution in [3.63, 3.8) is 0 Å². The fraction of sp³-hybridized carbons (Fsp3) is 0.438. The number of nitrogens with one attached hydrogen (secondary N) is 2. The number of primary amides is 1. The molecule has 0 aromatic heterocycles. The smallest absolute Gasteiger partial charge is 0.409 e. The van der Waals surface area contributed by atoms with Crippen molar-refractivity contribution in [2.24, 2.45) is 5.73 Å². The van der Waals surface area contributed by atoms with Gasteiger partial charge in [-0.2, -0.15) is 0 Å². The number of piperidine rings is 1. The Hall–Kier alpha value is -2.77. The number of urea groups is 1. The Morgan fingerprint density at radius 3 is 2.38 bits per heavy atom. The third-order valence-electron chi connectivity index (χ3n) is 3.77. The van der Waals surface area contributed by atoms with Crippen molar-refractivity contribution in [3.8, 4) is 0 Å². The van der Waals surface area contributed by atoms with Gasteiger partial charge in [0.2, 0.25) is 0 Å². The topological polar surface area (TPSA) is 114 Å². The Bertz CT molecular complexity index is 595. The molecule has 1 saturated heterocycles. The lowest BCUT2D eigenvalue weighted by molar-refractivity contribution is 0.0860. The van der Waals surface area contributed by atoms with Crippen LogP contribution in [0.4, 0.5) is 15.3 Å². The van der Waals surface area contributed by atoms with Crippen LogP contribution < -0.4 is 16.4 Å². The van der Waals surface area contributed by atoms with Crippen LogP contribution in [0.25, 0.3) is 0 Å². The van der Waals surface area contributed by atoms with E-state index >= 15 is 0 Å². The number of anilines is 1. The summed E-state index contributed by atoms with van der Waals surface area (Å²) in [6, 6.07) is 5.83. The predicted octanol–water partition coefficient (Wildman–Crippen LogP) is 1.53. The van der Waals surface area contributed by atoms with Gasteiger partial charge in [-0.25, -0.2) is 9.59 Å². The van der Waals surface area contributed by atoms with Crippen LogP contribution in [0.3, 0.4) is 0 Å². The van der Waals surface area contributed by atoms with Crippen LogP contribution >= 0.6 is 0 Å². The van der Waals surface area contributed by atoms with Crippen molar-refractivity contribution in [2.75, 3.05) is 25.0 Å². The Labute approximate surface area is 140 Å². The van der Waals surface area contributed by atoms with Gasteiger partial charge in [0.05, 0.1) is 6.61 Å². The second-order valence-corrected chi connectivity index (χ2v) is 5.50. The van der Waals surface area contributed by atoms with Crippen LogP contribution in [0.1, 0.15) is 30.1 Å². The quantitative estimate of drug-likeness (QED) is 0.774. The van der Waals surface area contributed by atoms with Gasteiger partial charge in [-0.05, 0) is 44.0 Å². The maximum Gasteiger partial charge on any atom is 0.409 e. The second-order valence-electron chi connectivity index (χ2n) is 5.50. The minimum Gasteiger partial charge on any atom is -0.450 e. The highest BCUT2D eigenvalue weighted by atomic mass is 16.6. The highest BCUT2D eigenvalue weighted by molar-refractivity contribution is 5.95. The van der Waals surface area contributed by atoms with Gasteiger partial charge in [0.1, 0.15) is 0 Å². The Kier molecular flexibility index (Phi) is 6.00. The minimum absolute atomic E-state index is 0.0200. The van der Waals surface area contributed by atoms with E-state index in [1.165, 1.54) is 0 Å².